The number of hydrogen-bond donors (Lipinski definition) is 1. The summed E-state index contributed by atoms with van der Waals surface area (Å²) in [5.74, 6) is 0.139. The molecule has 0 unspecified atom stereocenters. The summed E-state index contributed by atoms with van der Waals surface area (Å²) in [5.41, 5.74) is 2.06. The SMILES string of the molecule is CCc1nc2cccc(C(=O)O)c2n1C1(CC)CCC1. The monoisotopic (exact) mass is 272 g/mol. The average molecular weight is 272 g/mol. The van der Waals surface area contributed by atoms with E-state index in [9.17, 15) is 9.90 Å². The molecule has 0 bridgehead atoms. The number of aromatic carboxylic acids is 1. The van der Waals surface area contributed by atoms with Crippen LogP contribution in [0.2, 0.25) is 0 Å². The number of rotatable bonds is 4. The Morgan fingerprint density at radius 1 is 1.40 bits per heavy atom. The van der Waals surface area contributed by atoms with Crippen LogP contribution in [-0.4, -0.2) is 20.6 Å². The van der Waals surface area contributed by atoms with Crippen molar-refractivity contribution in [3.8, 4) is 0 Å². The Labute approximate surface area is 118 Å². The molecule has 1 heterocycles. The molecule has 1 aromatic heterocycles. The molecule has 0 radical (unpaired) electrons. The van der Waals surface area contributed by atoms with Crippen LogP contribution in [0.5, 0.6) is 0 Å². The molecule has 1 N–H and O–H groups in total. The molecule has 0 saturated heterocycles. The van der Waals surface area contributed by atoms with Crippen molar-refractivity contribution >= 4 is 17.0 Å². The summed E-state index contributed by atoms with van der Waals surface area (Å²) in [5, 5.41) is 9.48. The van der Waals surface area contributed by atoms with Crippen molar-refractivity contribution in [3.63, 3.8) is 0 Å². The number of imidazole rings is 1. The maximum Gasteiger partial charge on any atom is 0.337 e. The lowest BCUT2D eigenvalue weighted by molar-refractivity contribution is 0.0697. The number of para-hydroxylation sites is 1. The Morgan fingerprint density at radius 3 is 2.65 bits per heavy atom. The van der Waals surface area contributed by atoms with Gasteiger partial charge in [-0.2, -0.15) is 0 Å². The van der Waals surface area contributed by atoms with E-state index in [4.69, 9.17) is 0 Å². The van der Waals surface area contributed by atoms with Crippen molar-refractivity contribution in [1.29, 1.82) is 0 Å². The van der Waals surface area contributed by atoms with Crippen LogP contribution in [0.1, 0.15) is 55.7 Å². The second kappa shape index (κ2) is 4.62. The van der Waals surface area contributed by atoms with Crippen molar-refractivity contribution in [1.82, 2.24) is 9.55 Å². The minimum absolute atomic E-state index is 0.0750. The van der Waals surface area contributed by atoms with E-state index >= 15 is 0 Å². The van der Waals surface area contributed by atoms with E-state index in [1.54, 1.807) is 12.1 Å². The predicted molar refractivity (Wildman–Crippen MR) is 78.2 cm³/mol. The van der Waals surface area contributed by atoms with Gasteiger partial charge in [0.2, 0.25) is 0 Å². The molecule has 4 heteroatoms. The van der Waals surface area contributed by atoms with Crippen LogP contribution in [0.25, 0.3) is 11.0 Å². The lowest BCUT2D eigenvalue weighted by atomic mass is 9.74. The number of benzene rings is 1. The van der Waals surface area contributed by atoms with Crippen molar-refractivity contribution in [2.24, 2.45) is 0 Å². The zero-order chi connectivity index (χ0) is 14.3. The van der Waals surface area contributed by atoms with Crippen molar-refractivity contribution in [2.45, 2.75) is 51.5 Å². The van der Waals surface area contributed by atoms with Gasteiger partial charge in [-0.1, -0.05) is 19.9 Å². The highest BCUT2D eigenvalue weighted by Crippen LogP contribution is 2.45. The van der Waals surface area contributed by atoms with Crippen molar-refractivity contribution < 1.29 is 9.90 Å². The van der Waals surface area contributed by atoms with E-state index in [-0.39, 0.29) is 5.54 Å². The molecule has 106 valence electrons. The van der Waals surface area contributed by atoms with Gasteiger partial charge in [-0.25, -0.2) is 9.78 Å². The lowest BCUT2D eigenvalue weighted by Gasteiger charge is -2.44. The van der Waals surface area contributed by atoms with E-state index in [2.05, 4.69) is 23.4 Å². The summed E-state index contributed by atoms with van der Waals surface area (Å²) < 4.78 is 2.23. The Balaban J connectivity index is 2.35. The summed E-state index contributed by atoms with van der Waals surface area (Å²) >= 11 is 0. The molecule has 2 aromatic rings. The van der Waals surface area contributed by atoms with Gasteiger partial charge in [0, 0.05) is 12.0 Å². The Bertz CT molecular complexity index is 663. The summed E-state index contributed by atoms with van der Waals surface area (Å²) in [4.78, 5) is 16.2. The molecular weight excluding hydrogens is 252 g/mol. The lowest BCUT2D eigenvalue weighted by Crippen LogP contribution is -2.41. The third-order valence-electron chi connectivity index (χ3n) is 4.71. The Morgan fingerprint density at radius 2 is 2.15 bits per heavy atom. The van der Waals surface area contributed by atoms with Gasteiger partial charge in [0.25, 0.3) is 0 Å². The van der Waals surface area contributed by atoms with E-state index < -0.39 is 5.97 Å². The number of carboxylic acids is 1. The highest BCUT2D eigenvalue weighted by Gasteiger charge is 2.40. The summed E-state index contributed by atoms with van der Waals surface area (Å²) in [7, 11) is 0. The minimum atomic E-state index is -0.870. The zero-order valence-corrected chi connectivity index (χ0v) is 12.0. The van der Waals surface area contributed by atoms with Gasteiger partial charge in [0.1, 0.15) is 5.82 Å². The molecule has 0 amide bonds. The molecule has 0 atom stereocenters. The molecule has 1 aliphatic rings. The molecule has 1 saturated carbocycles. The second-order valence-corrected chi connectivity index (χ2v) is 5.63. The highest BCUT2D eigenvalue weighted by molar-refractivity contribution is 6.01. The van der Waals surface area contributed by atoms with Crippen LogP contribution in [0.3, 0.4) is 0 Å². The van der Waals surface area contributed by atoms with Gasteiger partial charge >= 0.3 is 5.97 Å². The maximum absolute atomic E-state index is 11.5. The highest BCUT2D eigenvalue weighted by atomic mass is 16.4. The average Bonchev–Trinajstić information content (AvgIpc) is 2.77. The van der Waals surface area contributed by atoms with Gasteiger partial charge in [-0.15, -0.1) is 0 Å². The van der Waals surface area contributed by atoms with Crippen LogP contribution < -0.4 is 0 Å². The number of nitrogens with zero attached hydrogens (tertiary/aromatic N) is 2. The topological polar surface area (TPSA) is 55.1 Å². The number of aryl methyl sites for hydroxylation is 1. The van der Waals surface area contributed by atoms with Crippen molar-refractivity contribution in [3.05, 3.63) is 29.6 Å². The third kappa shape index (κ3) is 1.67. The minimum Gasteiger partial charge on any atom is -0.478 e. The zero-order valence-electron chi connectivity index (χ0n) is 12.0. The fraction of sp³-hybridized carbons (Fsp3) is 0.500. The quantitative estimate of drug-likeness (QED) is 0.925. The maximum atomic E-state index is 11.5. The van der Waals surface area contributed by atoms with Gasteiger partial charge in [-0.3, -0.25) is 0 Å². The van der Waals surface area contributed by atoms with E-state index in [0.717, 1.165) is 42.5 Å². The third-order valence-corrected chi connectivity index (χ3v) is 4.71. The first kappa shape index (κ1) is 13.2. The van der Waals surface area contributed by atoms with Crippen LogP contribution in [0.4, 0.5) is 0 Å². The van der Waals surface area contributed by atoms with Gasteiger partial charge < -0.3 is 9.67 Å². The number of fused-ring (bicyclic) bond motifs is 1. The van der Waals surface area contributed by atoms with Crippen molar-refractivity contribution in [2.75, 3.05) is 0 Å². The predicted octanol–water partition coefficient (Wildman–Crippen LogP) is 3.59. The standard InChI is InChI=1S/C16H20N2O2/c1-3-13-17-12-8-5-7-11(15(19)20)14(12)18(13)16(4-2)9-6-10-16/h5,7-8H,3-4,6,9-10H2,1-2H3,(H,19,20). The molecule has 3 rings (SSSR count). The van der Waals surface area contributed by atoms with E-state index in [1.165, 1.54) is 6.42 Å². The fourth-order valence-electron chi connectivity index (χ4n) is 3.42. The number of carbonyl (C=O) groups is 1. The molecule has 1 fully saturated rings. The van der Waals surface area contributed by atoms with Gasteiger partial charge in [0.05, 0.1) is 16.6 Å². The molecule has 0 spiro atoms. The molecular formula is C16H20N2O2. The summed E-state index contributed by atoms with van der Waals surface area (Å²) in [6.45, 7) is 4.27. The fourth-order valence-corrected chi connectivity index (χ4v) is 3.42. The van der Waals surface area contributed by atoms with Crippen LogP contribution in [-0.2, 0) is 12.0 Å². The van der Waals surface area contributed by atoms with E-state index in [0.29, 0.717) is 5.56 Å². The molecule has 1 aliphatic carbocycles. The number of carboxylic acid groups (broad SMARTS) is 1. The smallest absolute Gasteiger partial charge is 0.337 e. The van der Waals surface area contributed by atoms with E-state index in [1.807, 2.05) is 6.07 Å². The molecule has 0 aliphatic heterocycles. The first-order chi connectivity index (χ1) is 9.63. The number of hydrogen-bond acceptors (Lipinski definition) is 2. The van der Waals surface area contributed by atoms with Gasteiger partial charge in [-0.05, 0) is 37.8 Å². The first-order valence-corrected chi connectivity index (χ1v) is 7.37. The van der Waals surface area contributed by atoms with Gasteiger partial charge in [0.15, 0.2) is 0 Å². The van der Waals surface area contributed by atoms with Crippen LogP contribution >= 0.6 is 0 Å². The first-order valence-electron chi connectivity index (χ1n) is 7.37. The molecule has 1 aromatic carbocycles. The largest absolute Gasteiger partial charge is 0.478 e. The molecule has 4 nitrogen and oxygen atoms in total. The van der Waals surface area contributed by atoms with Crippen LogP contribution in [0, 0.1) is 0 Å². The Hall–Kier alpha value is -1.84. The number of aromatic nitrogens is 2. The summed E-state index contributed by atoms with van der Waals surface area (Å²) in [6.07, 6.45) is 5.31. The van der Waals surface area contributed by atoms with Crippen LogP contribution in [0.15, 0.2) is 18.2 Å². The second-order valence-electron chi connectivity index (χ2n) is 5.63. The normalized spacial score (nSPS) is 17.1. The summed E-state index contributed by atoms with van der Waals surface area (Å²) in [6, 6.07) is 5.38. The molecule has 20 heavy (non-hydrogen) atoms. The Kier molecular flexibility index (Phi) is 3.04.